The van der Waals surface area contributed by atoms with Gasteiger partial charge in [0.15, 0.2) is 17.3 Å². The Labute approximate surface area is 237 Å². The summed E-state index contributed by atoms with van der Waals surface area (Å²) in [5, 5.41) is 0. The number of anilines is 1. The molecule has 1 fully saturated rings. The van der Waals surface area contributed by atoms with Crippen molar-refractivity contribution in [1.29, 1.82) is 0 Å². The lowest BCUT2D eigenvalue weighted by atomic mass is 9.64. The van der Waals surface area contributed by atoms with Crippen LogP contribution in [-0.4, -0.2) is 43.7 Å². The Kier molecular flexibility index (Phi) is 5.68. The first kappa shape index (κ1) is 25.0. The smallest absolute Gasteiger partial charge is 0.186 e. The number of methoxy groups -OCH3 is 2. The van der Waals surface area contributed by atoms with Gasteiger partial charge in [0, 0.05) is 28.3 Å². The first-order valence-corrected chi connectivity index (χ1v) is 13.6. The Balaban J connectivity index is 1.53. The number of para-hydroxylation sites is 1. The highest BCUT2D eigenvalue weighted by Crippen LogP contribution is 2.61. The van der Waals surface area contributed by atoms with Gasteiger partial charge in [-0.05, 0) is 41.5 Å². The molecule has 6 nitrogen and oxygen atoms in total. The van der Waals surface area contributed by atoms with Crippen molar-refractivity contribution in [2.24, 2.45) is 5.41 Å². The standard InChI is InChI=1S/C35H27NO5/c1-40-24-17-14-22(15-18-24)30-31(32(37)23-9-7-10-25(20-23)41-2)36-28-13-6-3-8-21(28)16-19-29(36)35(30)33(38)26-11-4-5-12-27(26)34(35)39/h3-20,29-31H,1-2H3. The summed E-state index contributed by atoms with van der Waals surface area (Å²) in [6, 6.07) is 27.7. The average molecular weight is 542 g/mol. The number of nitrogens with zero attached hydrogens (tertiary/aromatic N) is 1. The summed E-state index contributed by atoms with van der Waals surface area (Å²) in [6.45, 7) is 0. The highest BCUT2D eigenvalue weighted by Gasteiger charge is 2.71. The molecule has 0 amide bonds. The number of hydrogen-bond acceptors (Lipinski definition) is 6. The number of benzene rings is 4. The van der Waals surface area contributed by atoms with Gasteiger partial charge in [0.25, 0.3) is 0 Å². The topological polar surface area (TPSA) is 72.9 Å². The first-order valence-electron chi connectivity index (χ1n) is 13.6. The molecule has 7 rings (SSSR count). The molecular weight excluding hydrogens is 514 g/mol. The highest BCUT2D eigenvalue weighted by molar-refractivity contribution is 6.32. The van der Waals surface area contributed by atoms with Crippen molar-refractivity contribution in [3.63, 3.8) is 0 Å². The van der Waals surface area contributed by atoms with E-state index in [0.717, 1.165) is 16.8 Å². The lowest BCUT2D eigenvalue weighted by Crippen LogP contribution is -2.48. The maximum atomic E-state index is 14.7. The van der Waals surface area contributed by atoms with Crippen molar-refractivity contribution < 1.29 is 23.9 Å². The minimum Gasteiger partial charge on any atom is -0.497 e. The lowest BCUT2D eigenvalue weighted by Gasteiger charge is -2.37. The molecule has 2 aliphatic heterocycles. The molecule has 0 bridgehead atoms. The summed E-state index contributed by atoms with van der Waals surface area (Å²) < 4.78 is 10.9. The average Bonchev–Trinajstić information content (AvgIpc) is 3.47. The molecule has 2 heterocycles. The maximum Gasteiger partial charge on any atom is 0.186 e. The summed E-state index contributed by atoms with van der Waals surface area (Å²) in [4.78, 5) is 46.1. The van der Waals surface area contributed by atoms with Gasteiger partial charge in [0.1, 0.15) is 23.0 Å². The molecule has 3 unspecified atom stereocenters. The summed E-state index contributed by atoms with van der Waals surface area (Å²) in [5.74, 6) is -0.265. The third-order valence-electron chi connectivity index (χ3n) is 8.81. The zero-order valence-corrected chi connectivity index (χ0v) is 22.6. The van der Waals surface area contributed by atoms with Crippen LogP contribution in [0, 0.1) is 5.41 Å². The summed E-state index contributed by atoms with van der Waals surface area (Å²) in [5.41, 5.74) is 2.17. The number of ether oxygens (including phenoxy) is 2. The van der Waals surface area contributed by atoms with E-state index in [0.29, 0.717) is 28.2 Å². The number of rotatable bonds is 5. The quantitative estimate of drug-likeness (QED) is 0.227. The number of Topliss-reactive ketones (excluding diaryl/α,β-unsaturated/α-hetero) is 3. The zero-order chi connectivity index (χ0) is 28.3. The monoisotopic (exact) mass is 541 g/mol. The Morgan fingerprint density at radius 2 is 1.41 bits per heavy atom. The van der Waals surface area contributed by atoms with Gasteiger partial charge in [0.05, 0.1) is 20.3 Å². The molecule has 0 radical (unpaired) electrons. The molecule has 6 heteroatoms. The van der Waals surface area contributed by atoms with Crippen LogP contribution in [0.5, 0.6) is 11.5 Å². The summed E-state index contributed by atoms with van der Waals surface area (Å²) >= 11 is 0. The second-order valence-corrected chi connectivity index (χ2v) is 10.6. The Morgan fingerprint density at radius 3 is 2.10 bits per heavy atom. The van der Waals surface area contributed by atoms with Gasteiger partial charge in [-0.2, -0.15) is 0 Å². The molecule has 3 aliphatic rings. The van der Waals surface area contributed by atoms with Crippen LogP contribution < -0.4 is 14.4 Å². The summed E-state index contributed by atoms with van der Waals surface area (Å²) in [6.07, 6.45) is 3.89. The van der Waals surface area contributed by atoms with Crippen molar-refractivity contribution in [1.82, 2.24) is 0 Å². The fourth-order valence-corrected chi connectivity index (χ4v) is 7.05. The van der Waals surface area contributed by atoms with E-state index >= 15 is 0 Å². The van der Waals surface area contributed by atoms with E-state index in [2.05, 4.69) is 0 Å². The van der Waals surface area contributed by atoms with Crippen LogP contribution in [0.1, 0.15) is 48.1 Å². The van der Waals surface area contributed by atoms with Gasteiger partial charge in [-0.3, -0.25) is 14.4 Å². The van der Waals surface area contributed by atoms with Gasteiger partial charge in [0.2, 0.25) is 0 Å². The van der Waals surface area contributed by atoms with Crippen LogP contribution in [0.15, 0.2) is 103 Å². The fraction of sp³-hybridized carbons (Fsp3) is 0.171. The molecule has 4 aromatic rings. The molecule has 1 aliphatic carbocycles. The molecule has 4 aromatic carbocycles. The maximum absolute atomic E-state index is 14.7. The Bertz CT molecular complexity index is 1720. The molecule has 0 N–H and O–H groups in total. The fourth-order valence-electron chi connectivity index (χ4n) is 7.05. The molecule has 202 valence electrons. The highest BCUT2D eigenvalue weighted by atomic mass is 16.5. The lowest BCUT2D eigenvalue weighted by molar-refractivity contribution is 0.0666. The molecular formula is C35H27NO5. The van der Waals surface area contributed by atoms with Gasteiger partial charge in [-0.1, -0.05) is 78.9 Å². The largest absolute Gasteiger partial charge is 0.497 e. The normalized spacial score (nSPS) is 21.4. The second kappa shape index (κ2) is 9.30. The number of fused-ring (bicyclic) bond motifs is 5. The molecule has 1 spiro atoms. The van der Waals surface area contributed by atoms with E-state index in [1.807, 2.05) is 65.6 Å². The minimum absolute atomic E-state index is 0.187. The van der Waals surface area contributed by atoms with Crippen molar-refractivity contribution in [2.45, 2.75) is 18.0 Å². The van der Waals surface area contributed by atoms with Crippen LogP contribution in [-0.2, 0) is 0 Å². The third-order valence-corrected chi connectivity index (χ3v) is 8.81. The van der Waals surface area contributed by atoms with Gasteiger partial charge in [-0.15, -0.1) is 0 Å². The van der Waals surface area contributed by atoms with Gasteiger partial charge < -0.3 is 14.4 Å². The number of hydrogen-bond donors (Lipinski definition) is 0. The van der Waals surface area contributed by atoms with Crippen LogP contribution in [0.3, 0.4) is 0 Å². The van der Waals surface area contributed by atoms with Gasteiger partial charge in [-0.25, -0.2) is 0 Å². The SMILES string of the molecule is COc1ccc(C2C(C(=O)c3cccc(OC)c3)N3c4ccccc4C=CC3C23C(=O)c2ccccc2C3=O)cc1. The minimum atomic E-state index is -1.54. The first-order chi connectivity index (χ1) is 20.0. The third kappa shape index (κ3) is 3.40. The van der Waals surface area contributed by atoms with E-state index in [-0.39, 0.29) is 17.3 Å². The number of carbonyl (C=O) groups excluding carboxylic acids is 3. The van der Waals surface area contributed by atoms with E-state index in [9.17, 15) is 14.4 Å². The zero-order valence-electron chi connectivity index (χ0n) is 22.6. The summed E-state index contributed by atoms with van der Waals surface area (Å²) in [7, 11) is 3.15. The molecule has 41 heavy (non-hydrogen) atoms. The van der Waals surface area contributed by atoms with E-state index in [1.165, 1.54) is 0 Å². The Morgan fingerprint density at radius 1 is 0.756 bits per heavy atom. The predicted molar refractivity (Wildman–Crippen MR) is 156 cm³/mol. The van der Waals surface area contributed by atoms with Crippen molar-refractivity contribution in [3.8, 4) is 11.5 Å². The van der Waals surface area contributed by atoms with Gasteiger partial charge >= 0.3 is 0 Å². The molecule has 0 aromatic heterocycles. The van der Waals surface area contributed by atoms with E-state index in [4.69, 9.17) is 9.47 Å². The predicted octanol–water partition coefficient (Wildman–Crippen LogP) is 6.02. The van der Waals surface area contributed by atoms with E-state index < -0.39 is 23.4 Å². The Hall–Kier alpha value is -4.97. The number of ketones is 3. The molecule has 1 saturated heterocycles. The van der Waals surface area contributed by atoms with Crippen molar-refractivity contribution in [3.05, 3.63) is 131 Å². The van der Waals surface area contributed by atoms with Crippen LogP contribution >= 0.6 is 0 Å². The molecule has 0 saturated carbocycles. The van der Waals surface area contributed by atoms with Crippen LogP contribution in [0.2, 0.25) is 0 Å². The van der Waals surface area contributed by atoms with Crippen LogP contribution in [0.4, 0.5) is 5.69 Å². The van der Waals surface area contributed by atoms with Crippen LogP contribution in [0.25, 0.3) is 6.08 Å². The van der Waals surface area contributed by atoms with Crippen molar-refractivity contribution >= 4 is 29.1 Å². The molecule has 3 atom stereocenters. The van der Waals surface area contributed by atoms with Crippen molar-refractivity contribution in [2.75, 3.05) is 19.1 Å². The number of carbonyl (C=O) groups is 3. The second-order valence-electron chi connectivity index (χ2n) is 10.6. The van der Waals surface area contributed by atoms with E-state index in [1.54, 1.807) is 62.8 Å².